The predicted octanol–water partition coefficient (Wildman–Crippen LogP) is -1.15. The van der Waals surface area contributed by atoms with Crippen molar-refractivity contribution in [1.29, 1.82) is 0 Å². The van der Waals surface area contributed by atoms with Crippen LogP contribution >= 0.6 is 0 Å². The molecule has 0 aliphatic heterocycles. The van der Waals surface area contributed by atoms with Crippen molar-refractivity contribution in [2.45, 2.75) is 31.8 Å². The molecule has 2 unspecified atom stereocenters. The molecule has 0 amide bonds. The molecule has 3 N–H and O–H groups in total. The van der Waals surface area contributed by atoms with Gasteiger partial charge in [-0.15, -0.1) is 0 Å². The average Bonchev–Trinajstić information content (AvgIpc) is 2.09. The van der Waals surface area contributed by atoms with Gasteiger partial charge in [-0.3, -0.25) is 0 Å². The Labute approximate surface area is 90.1 Å². The molecule has 0 saturated carbocycles. The van der Waals surface area contributed by atoms with Crippen LogP contribution in [0.3, 0.4) is 0 Å². The van der Waals surface area contributed by atoms with Crippen molar-refractivity contribution in [1.82, 2.24) is 5.32 Å². The van der Waals surface area contributed by atoms with Crippen LogP contribution in [0.2, 0.25) is 0 Å². The van der Waals surface area contributed by atoms with Crippen LogP contribution in [0.5, 0.6) is 0 Å². The zero-order chi connectivity index (χ0) is 12.1. The van der Waals surface area contributed by atoms with Gasteiger partial charge in [-0.25, -0.2) is 8.42 Å². The molecule has 0 fully saturated rings. The lowest BCUT2D eigenvalue weighted by Gasteiger charge is -2.21. The van der Waals surface area contributed by atoms with Crippen molar-refractivity contribution in [3.8, 4) is 0 Å². The minimum Gasteiger partial charge on any atom is -0.746 e. The van der Waals surface area contributed by atoms with Gasteiger partial charge in [0.1, 0.15) is 16.2 Å². The van der Waals surface area contributed by atoms with E-state index < -0.39 is 21.7 Å². The molecule has 15 heavy (non-hydrogen) atoms. The molecular weight excluding hydrogens is 222 g/mol. The van der Waals surface area contributed by atoms with Crippen molar-refractivity contribution in [2.75, 3.05) is 13.1 Å². The molecule has 92 valence electrons. The quantitative estimate of drug-likeness (QED) is 0.383. The molecule has 0 rings (SSSR count). The summed E-state index contributed by atoms with van der Waals surface area (Å²) in [5.74, 6) is 0.489. The summed E-state index contributed by atoms with van der Waals surface area (Å²) in [6, 6.07) is 0. The van der Waals surface area contributed by atoms with Gasteiger partial charge in [-0.05, 0) is 18.9 Å². The molecule has 0 radical (unpaired) electrons. The monoisotopic (exact) mass is 240 g/mol. The average molecular weight is 240 g/mol. The Balaban J connectivity index is 3.80. The zero-order valence-corrected chi connectivity index (χ0v) is 9.70. The standard InChI is InChI=1S/C8H19NO5S/c1-6(2)3-4-9-5-7(10)8(11)15(12,13)14/h6-11H,3-5H2,1-2H3,(H,12,13,14)/p-1. The van der Waals surface area contributed by atoms with Crippen LogP contribution in [0.4, 0.5) is 0 Å². The minimum absolute atomic E-state index is 0.116. The van der Waals surface area contributed by atoms with Crippen LogP contribution in [0.25, 0.3) is 0 Å². The molecule has 6 nitrogen and oxygen atoms in total. The summed E-state index contributed by atoms with van der Waals surface area (Å²) in [6.45, 7) is 4.53. The van der Waals surface area contributed by atoms with E-state index in [1.54, 1.807) is 0 Å². The molecule has 0 aliphatic carbocycles. The summed E-state index contributed by atoms with van der Waals surface area (Å²) in [4.78, 5) is 0. The van der Waals surface area contributed by atoms with Gasteiger partial charge in [-0.1, -0.05) is 13.8 Å². The summed E-state index contributed by atoms with van der Waals surface area (Å²) < 4.78 is 31.0. The first kappa shape index (κ1) is 14.8. The van der Waals surface area contributed by atoms with Gasteiger partial charge < -0.3 is 20.1 Å². The van der Waals surface area contributed by atoms with Crippen molar-refractivity contribution in [3.63, 3.8) is 0 Å². The Morgan fingerprint density at radius 1 is 1.33 bits per heavy atom. The van der Waals surface area contributed by atoms with E-state index in [1.165, 1.54) is 0 Å². The highest BCUT2D eigenvalue weighted by Crippen LogP contribution is 2.01. The lowest BCUT2D eigenvalue weighted by atomic mass is 10.1. The second-order valence-corrected chi connectivity index (χ2v) is 5.31. The van der Waals surface area contributed by atoms with Crippen LogP contribution in [0.15, 0.2) is 0 Å². The normalized spacial score (nSPS) is 16.7. The van der Waals surface area contributed by atoms with Gasteiger partial charge in [-0.2, -0.15) is 0 Å². The SMILES string of the molecule is CC(C)CCNCC(O)C(O)S(=O)(=O)[O-]. The second-order valence-electron chi connectivity index (χ2n) is 3.84. The smallest absolute Gasteiger partial charge is 0.170 e. The van der Waals surface area contributed by atoms with Crippen molar-refractivity contribution < 1.29 is 23.2 Å². The summed E-state index contributed by atoms with van der Waals surface area (Å²) in [6.07, 6.45) is -0.716. The highest BCUT2D eigenvalue weighted by Gasteiger charge is 2.21. The number of aliphatic hydroxyl groups is 2. The Morgan fingerprint density at radius 3 is 2.27 bits per heavy atom. The van der Waals surface area contributed by atoms with Crippen LogP contribution in [-0.4, -0.2) is 47.8 Å². The van der Waals surface area contributed by atoms with Gasteiger partial charge in [0.15, 0.2) is 5.44 Å². The first-order valence-corrected chi connectivity index (χ1v) is 6.24. The summed E-state index contributed by atoms with van der Waals surface area (Å²) in [7, 11) is -4.84. The highest BCUT2D eigenvalue weighted by atomic mass is 32.2. The van der Waals surface area contributed by atoms with E-state index in [4.69, 9.17) is 10.2 Å². The van der Waals surface area contributed by atoms with Crippen LogP contribution in [0.1, 0.15) is 20.3 Å². The Hall–Kier alpha value is -0.210. The number of rotatable bonds is 7. The fourth-order valence-electron chi connectivity index (χ4n) is 0.934. The fraction of sp³-hybridized carbons (Fsp3) is 1.00. The third-order valence-electron chi connectivity index (χ3n) is 1.88. The van der Waals surface area contributed by atoms with E-state index in [-0.39, 0.29) is 6.54 Å². The molecule has 0 heterocycles. The van der Waals surface area contributed by atoms with Crippen molar-refractivity contribution in [2.24, 2.45) is 5.92 Å². The fourth-order valence-corrected chi connectivity index (χ4v) is 1.41. The number of aliphatic hydroxyl groups excluding tert-OH is 2. The summed E-state index contributed by atoms with van der Waals surface area (Å²) in [5.41, 5.74) is -2.26. The summed E-state index contributed by atoms with van der Waals surface area (Å²) >= 11 is 0. The molecule has 7 heteroatoms. The topological polar surface area (TPSA) is 110 Å². The number of hydrogen-bond acceptors (Lipinski definition) is 6. The van der Waals surface area contributed by atoms with Gasteiger partial charge in [0, 0.05) is 6.54 Å². The number of nitrogens with one attached hydrogen (secondary N) is 1. The predicted molar refractivity (Wildman–Crippen MR) is 54.0 cm³/mol. The molecule has 0 aromatic carbocycles. The number of hydrogen-bond donors (Lipinski definition) is 3. The van der Waals surface area contributed by atoms with Gasteiger partial charge in [0.05, 0.1) is 0 Å². The van der Waals surface area contributed by atoms with Crippen molar-refractivity contribution in [3.05, 3.63) is 0 Å². The molecular formula is C8H18NO5S-. The van der Waals surface area contributed by atoms with Gasteiger partial charge >= 0.3 is 0 Å². The first-order chi connectivity index (χ1) is 6.75. The largest absolute Gasteiger partial charge is 0.746 e. The maximum atomic E-state index is 10.3. The molecule has 0 aliphatic rings. The Morgan fingerprint density at radius 2 is 1.87 bits per heavy atom. The molecule has 2 atom stereocenters. The maximum absolute atomic E-state index is 10.3. The second kappa shape index (κ2) is 6.39. The molecule has 0 aromatic heterocycles. The van der Waals surface area contributed by atoms with E-state index in [0.29, 0.717) is 12.5 Å². The zero-order valence-electron chi connectivity index (χ0n) is 8.88. The summed E-state index contributed by atoms with van der Waals surface area (Å²) in [5, 5.41) is 20.8. The molecule has 0 spiro atoms. The Bertz CT molecular complexity index is 264. The molecule has 0 aromatic rings. The third kappa shape index (κ3) is 6.80. The van der Waals surface area contributed by atoms with E-state index in [2.05, 4.69) is 5.32 Å². The maximum Gasteiger partial charge on any atom is 0.170 e. The van der Waals surface area contributed by atoms with Gasteiger partial charge in [0.25, 0.3) is 0 Å². The van der Waals surface area contributed by atoms with Crippen LogP contribution < -0.4 is 5.32 Å². The molecule has 0 bridgehead atoms. The van der Waals surface area contributed by atoms with Crippen LogP contribution in [-0.2, 0) is 10.1 Å². The van der Waals surface area contributed by atoms with E-state index in [9.17, 15) is 13.0 Å². The minimum atomic E-state index is -4.84. The van der Waals surface area contributed by atoms with Crippen LogP contribution in [0, 0.1) is 5.92 Å². The lowest BCUT2D eigenvalue weighted by Crippen LogP contribution is -2.41. The first-order valence-electron chi connectivity index (χ1n) is 4.76. The third-order valence-corrected chi connectivity index (χ3v) is 2.78. The lowest BCUT2D eigenvalue weighted by molar-refractivity contribution is 0.0617. The highest BCUT2D eigenvalue weighted by molar-refractivity contribution is 7.86. The van der Waals surface area contributed by atoms with E-state index in [1.807, 2.05) is 13.8 Å². The van der Waals surface area contributed by atoms with E-state index >= 15 is 0 Å². The van der Waals surface area contributed by atoms with Gasteiger partial charge in [0.2, 0.25) is 0 Å². The van der Waals surface area contributed by atoms with Crippen molar-refractivity contribution >= 4 is 10.1 Å². The Kier molecular flexibility index (Phi) is 6.30. The van der Waals surface area contributed by atoms with E-state index in [0.717, 1.165) is 6.42 Å². The molecule has 0 saturated heterocycles.